The van der Waals surface area contributed by atoms with E-state index in [4.69, 9.17) is 21.9 Å². The summed E-state index contributed by atoms with van der Waals surface area (Å²) in [7, 11) is 0. The van der Waals surface area contributed by atoms with E-state index in [9.17, 15) is 4.79 Å². The third kappa shape index (κ3) is 10.9. The Labute approximate surface area is 148 Å². The largest absolute Gasteiger partial charge is 0.481 e. The average molecular weight is 354 g/mol. The molecule has 1 unspecified atom stereocenters. The van der Waals surface area contributed by atoms with Crippen LogP contribution in [-0.4, -0.2) is 40.2 Å². The highest BCUT2D eigenvalue weighted by Crippen LogP contribution is 2.15. The minimum Gasteiger partial charge on any atom is -0.481 e. The smallest absolute Gasteiger partial charge is 0.306 e. The Morgan fingerprint density at radius 3 is 2.48 bits per heavy atom. The number of aliphatic hydroxyl groups excluding tert-OH is 1. The predicted octanol–water partition coefficient (Wildman–Crippen LogP) is 0.653. The van der Waals surface area contributed by atoms with Gasteiger partial charge in [0.05, 0.1) is 12.5 Å². The molecule has 8 N–H and O–H groups in total. The number of hydrazine groups is 1. The first-order valence-electron chi connectivity index (χ1n) is 8.07. The Morgan fingerprint density at radius 2 is 2.08 bits per heavy atom. The van der Waals surface area contributed by atoms with E-state index >= 15 is 0 Å². The molecule has 1 aromatic heterocycles. The van der Waals surface area contributed by atoms with Gasteiger partial charge < -0.3 is 26.8 Å². The molecule has 1 aromatic rings. The number of aliphatic carboxylic acids is 1. The van der Waals surface area contributed by atoms with Crippen LogP contribution in [0.4, 0.5) is 5.82 Å². The lowest BCUT2D eigenvalue weighted by atomic mass is 9.94. The Bertz CT molecular complexity index is 519. The van der Waals surface area contributed by atoms with Gasteiger partial charge in [-0.2, -0.15) is 5.10 Å². The number of nitrogens with one attached hydrogen (secondary N) is 2. The highest BCUT2D eigenvalue weighted by molar-refractivity contribution is 5.85. The Morgan fingerprint density at radius 1 is 1.40 bits per heavy atom. The molecule has 0 aliphatic heterocycles. The van der Waals surface area contributed by atoms with Crippen LogP contribution in [0.15, 0.2) is 23.4 Å². The normalized spacial score (nSPS) is 12.2. The van der Waals surface area contributed by atoms with Gasteiger partial charge in [0.25, 0.3) is 0 Å². The Kier molecular flexibility index (Phi) is 11.7. The molecule has 0 radical (unpaired) electrons. The van der Waals surface area contributed by atoms with Crippen LogP contribution in [0.2, 0.25) is 0 Å². The summed E-state index contributed by atoms with van der Waals surface area (Å²) in [6, 6.07) is 3.87. The molecule has 0 aliphatic rings. The number of nitrogens with zero attached hydrogens (tertiary/aromatic N) is 2. The standard InChI is InChI=1S/C8H18N4O2.C8H12N2O/c1-5(2)3-6(8(13)14)4-7(11-9)12-10;1-7-2-3-8(10-6-7)9-4-5-11/h5-6H,3-4,9-10H2,1-2H3,(H,11,12)(H,13,14);2-3,6,11H,4-5H2,1H3,(H,9,10). The van der Waals surface area contributed by atoms with E-state index in [1.165, 1.54) is 0 Å². The van der Waals surface area contributed by atoms with Gasteiger partial charge in [0.15, 0.2) is 0 Å². The van der Waals surface area contributed by atoms with E-state index < -0.39 is 11.9 Å². The van der Waals surface area contributed by atoms with Crippen molar-refractivity contribution in [3.63, 3.8) is 0 Å². The van der Waals surface area contributed by atoms with E-state index in [-0.39, 0.29) is 13.0 Å². The van der Waals surface area contributed by atoms with Crippen molar-refractivity contribution in [2.24, 2.45) is 28.6 Å². The first-order chi connectivity index (χ1) is 11.8. The maximum absolute atomic E-state index is 10.8. The fourth-order valence-corrected chi connectivity index (χ4v) is 1.98. The molecular weight excluding hydrogens is 324 g/mol. The number of aromatic nitrogens is 1. The molecule has 0 aromatic carbocycles. The van der Waals surface area contributed by atoms with E-state index in [0.717, 1.165) is 11.4 Å². The Balaban J connectivity index is 0.000000472. The number of hydrogen-bond donors (Lipinski definition) is 6. The van der Waals surface area contributed by atoms with E-state index in [1.807, 2.05) is 32.9 Å². The van der Waals surface area contributed by atoms with Gasteiger partial charge in [-0.1, -0.05) is 19.9 Å². The minimum atomic E-state index is -0.852. The van der Waals surface area contributed by atoms with Gasteiger partial charge in [-0.3, -0.25) is 4.79 Å². The highest BCUT2D eigenvalue weighted by Gasteiger charge is 2.20. The van der Waals surface area contributed by atoms with Crippen LogP contribution < -0.4 is 22.4 Å². The number of rotatable bonds is 8. The number of amidine groups is 1. The molecule has 9 nitrogen and oxygen atoms in total. The second-order valence-electron chi connectivity index (χ2n) is 5.96. The zero-order chi connectivity index (χ0) is 19.2. The fraction of sp³-hybridized carbons (Fsp3) is 0.562. The second-order valence-corrected chi connectivity index (χ2v) is 5.96. The maximum atomic E-state index is 10.8. The monoisotopic (exact) mass is 354 g/mol. The Hall–Kier alpha value is -2.39. The molecule has 25 heavy (non-hydrogen) atoms. The third-order valence-corrected chi connectivity index (χ3v) is 3.20. The van der Waals surface area contributed by atoms with Gasteiger partial charge in [0.1, 0.15) is 11.7 Å². The van der Waals surface area contributed by atoms with Gasteiger partial charge in [0, 0.05) is 19.2 Å². The van der Waals surface area contributed by atoms with Gasteiger partial charge >= 0.3 is 5.97 Å². The van der Waals surface area contributed by atoms with E-state index in [2.05, 4.69) is 20.8 Å². The van der Waals surface area contributed by atoms with Crippen molar-refractivity contribution in [1.29, 1.82) is 0 Å². The first kappa shape index (κ1) is 22.6. The summed E-state index contributed by atoms with van der Waals surface area (Å²) < 4.78 is 0. The zero-order valence-corrected chi connectivity index (χ0v) is 15.1. The summed E-state index contributed by atoms with van der Waals surface area (Å²) >= 11 is 0. The average Bonchev–Trinajstić information content (AvgIpc) is 2.58. The lowest BCUT2D eigenvalue weighted by molar-refractivity contribution is -0.142. The van der Waals surface area contributed by atoms with Crippen molar-refractivity contribution in [3.05, 3.63) is 23.9 Å². The number of nitrogens with two attached hydrogens (primary N) is 2. The van der Waals surface area contributed by atoms with Crippen LogP contribution in [0, 0.1) is 18.8 Å². The summed E-state index contributed by atoms with van der Waals surface area (Å²) in [6.45, 7) is 6.60. The SMILES string of the molecule is CC(C)CC(C/C(=N/N)NN)C(=O)O.Cc1ccc(NCCO)nc1. The molecule has 1 heterocycles. The van der Waals surface area contributed by atoms with Crippen molar-refractivity contribution in [3.8, 4) is 0 Å². The summed E-state index contributed by atoms with van der Waals surface area (Å²) in [5.74, 6) is 10.2. The van der Waals surface area contributed by atoms with Gasteiger partial charge in [-0.05, 0) is 30.9 Å². The van der Waals surface area contributed by atoms with Crippen LogP contribution in [0.3, 0.4) is 0 Å². The summed E-state index contributed by atoms with van der Waals surface area (Å²) in [5.41, 5.74) is 3.41. The maximum Gasteiger partial charge on any atom is 0.306 e. The summed E-state index contributed by atoms with van der Waals surface area (Å²) in [6.07, 6.45) is 2.61. The molecule has 0 saturated heterocycles. The van der Waals surface area contributed by atoms with Gasteiger partial charge in [-0.15, -0.1) is 0 Å². The fourth-order valence-electron chi connectivity index (χ4n) is 1.98. The van der Waals surface area contributed by atoms with Crippen molar-refractivity contribution in [2.75, 3.05) is 18.5 Å². The van der Waals surface area contributed by atoms with Crippen LogP contribution in [0.5, 0.6) is 0 Å². The highest BCUT2D eigenvalue weighted by atomic mass is 16.4. The lowest BCUT2D eigenvalue weighted by Crippen LogP contribution is -2.34. The summed E-state index contributed by atoms with van der Waals surface area (Å²) in [5, 5.41) is 23.7. The molecule has 1 atom stereocenters. The van der Waals surface area contributed by atoms with E-state index in [1.54, 1.807) is 6.20 Å². The van der Waals surface area contributed by atoms with Crippen LogP contribution in [0.25, 0.3) is 0 Å². The molecule has 0 amide bonds. The molecule has 0 bridgehead atoms. The molecule has 142 valence electrons. The minimum absolute atomic E-state index is 0.134. The third-order valence-electron chi connectivity index (χ3n) is 3.20. The number of carboxylic acid groups (broad SMARTS) is 1. The van der Waals surface area contributed by atoms with Crippen LogP contribution in [-0.2, 0) is 4.79 Å². The zero-order valence-electron chi connectivity index (χ0n) is 15.1. The number of hydrogen-bond acceptors (Lipinski definition) is 7. The molecular formula is C16H30N6O3. The topological polar surface area (TPSA) is 159 Å². The van der Waals surface area contributed by atoms with Crippen molar-refractivity contribution in [1.82, 2.24) is 10.4 Å². The van der Waals surface area contributed by atoms with Crippen LogP contribution >= 0.6 is 0 Å². The number of hydrazone groups is 1. The quantitative estimate of drug-likeness (QED) is 0.172. The molecule has 0 aliphatic carbocycles. The molecule has 0 saturated carbocycles. The van der Waals surface area contributed by atoms with Gasteiger partial charge in [-0.25, -0.2) is 10.8 Å². The lowest BCUT2D eigenvalue weighted by Gasteiger charge is -2.14. The summed E-state index contributed by atoms with van der Waals surface area (Å²) in [4.78, 5) is 14.9. The molecule has 0 fully saturated rings. The van der Waals surface area contributed by atoms with Crippen molar-refractivity contribution in [2.45, 2.75) is 33.6 Å². The number of aliphatic hydroxyl groups is 1. The van der Waals surface area contributed by atoms with Crippen molar-refractivity contribution < 1.29 is 15.0 Å². The van der Waals surface area contributed by atoms with Crippen molar-refractivity contribution >= 4 is 17.6 Å². The predicted molar refractivity (Wildman–Crippen MR) is 98.7 cm³/mol. The van der Waals surface area contributed by atoms with Gasteiger partial charge in [0.2, 0.25) is 0 Å². The first-order valence-corrected chi connectivity index (χ1v) is 8.07. The van der Waals surface area contributed by atoms with Crippen LogP contribution in [0.1, 0.15) is 32.3 Å². The molecule has 0 spiro atoms. The number of carboxylic acids is 1. The van der Waals surface area contributed by atoms with E-state index in [0.29, 0.717) is 24.7 Å². The molecule has 9 heteroatoms. The molecule has 1 rings (SSSR count). The second kappa shape index (κ2) is 13.0. The number of aryl methyl sites for hydroxylation is 1. The number of anilines is 1. The number of pyridine rings is 1. The number of carbonyl (C=O) groups is 1.